The maximum Gasteiger partial charge on any atom is 0.416 e. The van der Waals surface area contributed by atoms with Gasteiger partial charge in [0, 0.05) is 16.1 Å². The molecule has 2 unspecified atom stereocenters. The first-order valence-corrected chi connectivity index (χ1v) is 10.1. The summed E-state index contributed by atoms with van der Waals surface area (Å²) in [4.78, 5) is 15.0. The van der Waals surface area contributed by atoms with E-state index < -0.39 is 59.1 Å². The van der Waals surface area contributed by atoms with Crippen molar-refractivity contribution in [3.05, 3.63) is 68.7 Å². The van der Waals surface area contributed by atoms with E-state index in [9.17, 15) is 44.3 Å². The summed E-state index contributed by atoms with van der Waals surface area (Å²) < 4.78 is 123. The van der Waals surface area contributed by atoms with Gasteiger partial charge in [-0.2, -0.15) is 39.5 Å². The van der Waals surface area contributed by atoms with Crippen molar-refractivity contribution >= 4 is 27.6 Å². The van der Waals surface area contributed by atoms with Gasteiger partial charge in [0.2, 0.25) is 0 Å². The largest absolute Gasteiger partial charge is 0.478 e. The molecular formula is C21H13BrF9NO2. The zero-order chi connectivity index (χ0) is 25.9. The Labute approximate surface area is 194 Å². The molecule has 3 rings (SSSR count). The third-order valence-electron chi connectivity index (χ3n) is 5.75. The third-order valence-corrected chi connectivity index (χ3v) is 6.41. The van der Waals surface area contributed by atoms with E-state index in [1.165, 1.54) is 12.1 Å². The molecule has 0 saturated carbocycles. The lowest BCUT2D eigenvalue weighted by molar-refractivity contribution is -0.193. The van der Waals surface area contributed by atoms with Crippen molar-refractivity contribution in [1.29, 1.82) is 0 Å². The van der Waals surface area contributed by atoms with Crippen molar-refractivity contribution in [3.8, 4) is 0 Å². The van der Waals surface area contributed by atoms with Gasteiger partial charge >= 0.3 is 24.5 Å². The van der Waals surface area contributed by atoms with Crippen molar-refractivity contribution in [2.45, 2.75) is 30.9 Å². The van der Waals surface area contributed by atoms with E-state index >= 15 is 0 Å². The molecule has 0 fully saturated rings. The molecule has 0 saturated heterocycles. The minimum absolute atomic E-state index is 0.00957. The van der Waals surface area contributed by atoms with Crippen LogP contribution < -0.4 is 0 Å². The molecule has 1 aliphatic rings. The summed E-state index contributed by atoms with van der Waals surface area (Å²) >= 11 is 2.98. The van der Waals surface area contributed by atoms with Crippen molar-refractivity contribution in [2.75, 3.05) is 6.54 Å². The first-order valence-electron chi connectivity index (χ1n) is 9.34. The Morgan fingerprint density at radius 1 is 0.971 bits per heavy atom. The zero-order valence-corrected chi connectivity index (χ0v) is 18.4. The minimum Gasteiger partial charge on any atom is -0.478 e. The van der Waals surface area contributed by atoms with Crippen LogP contribution in [0.25, 0.3) is 0 Å². The van der Waals surface area contributed by atoms with Gasteiger partial charge in [0.15, 0.2) is 0 Å². The normalized spacial score (nSPS) is 21.5. The summed E-state index contributed by atoms with van der Waals surface area (Å²) in [6, 6.07) is 3.34. The highest BCUT2D eigenvalue weighted by molar-refractivity contribution is 9.10. The number of nitrogens with zero attached hydrogens (tertiary/aromatic N) is 1. The molecule has 0 aliphatic carbocycles. The molecule has 13 heteroatoms. The van der Waals surface area contributed by atoms with Gasteiger partial charge in [-0.3, -0.25) is 4.99 Å². The van der Waals surface area contributed by atoms with Crippen LogP contribution in [0.3, 0.4) is 0 Å². The number of benzene rings is 2. The summed E-state index contributed by atoms with van der Waals surface area (Å²) in [5, 5.41) is 9.10. The maximum absolute atomic E-state index is 14.4. The number of hydrogen-bond acceptors (Lipinski definition) is 2. The Kier molecular flexibility index (Phi) is 6.34. The highest BCUT2D eigenvalue weighted by Gasteiger charge is 2.63. The Bertz CT molecular complexity index is 1140. The molecule has 0 spiro atoms. The average Bonchev–Trinajstić information content (AvgIpc) is 3.04. The van der Waals surface area contributed by atoms with Gasteiger partial charge < -0.3 is 5.11 Å². The molecule has 34 heavy (non-hydrogen) atoms. The van der Waals surface area contributed by atoms with E-state index in [1.54, 1.807) is 0 Å². The summed E-state index contributed by atoms with van der Waals surface area (Å²) in [7, 11) is 0. The first kappa shape index (κ1) is 26.0. The second-order valence-electron chi connectivity index (χ2n) is 7.69. The summed E-state index contributed by atoms with van der Waals surface area (Å²) in [6.45, 7) is -0.143. The highest BCUT2D eigenvalue weighted by atomic mass is 79.9. The van der Waals surface area contributed by atoms with E-state index in [1.807, 2.05) is 0 Å². The third kappa shape index (κ3) is 4.41. The summed E-state index contributed by atoms with van der Waals surface area (Å²) in [5.74, 6) is -3.02. The van der Waals surface area contributed by atoms with Gasteiger partial charge in [0.25, 0.3) is 0 Å². The number of aliphatic imine (C=N–C) groups is 1. The fourth-order valence-electron chi connectivity index (χ4n) is 3.96. The predicted octanol–water partition coefficient (Wildman–Crippen LogP) is 7.12. The monoisotopic (exact) mass is 561 g/mol. The smallest absolute Gasteiger partial charge is 0.416 e. The zero-order valence-electron chi connectivity index (χ0n) is 16.8. The second-order valence-corrected chi connectivity index (χ2v) is 8.54. The number of carbonyl (C=O) groups is 1. The van der Waals surface area contributed by atoms with Gasteiger partial charge in [0.05, 0.1) is 23.2 Å². The van der Waals surface area contributed by atoms with Crippen LogP contribution in [0, 0.1) is 5.92 Å². The summed E-state index contributed by atoms with van der Waals surface area (Å²) in [6.07, 6.45) is -15.9. The van der Waals surface area contributed by atoms with Crippen LogP contribution in [0.4, 0.5) is 39.5 Å². The van der Waals surface area contributed by atoms with Crippen molar-refractivity contribution in [1.82, 2.24) is 0 Å². The molecule has 0 radical (unpaired) electrons. The number of aromatic carboxylic acids is 1. The van der Waals surface area contributed by atoms with E-state index in [2.05, 4.69) is 20.9 Å². The Balaban J connectivity index is 2.21. The first-order chi connectivity index (χ1) is 15.4. The molecule has 1 aliphatic heterocycles. The molecule has 2 aromatic rings. The molecule has 0 aromatic heterocycles. The van der Waals surface area contributed by atoms with Gasteiger partial charge in [-0.05, 0) is 57.4 Å². The van der Waals surface area contributed by atoms with E-state index in [0.29, 0.717) is 0 Å². The van der Waals surface area contributed by atoms with E-state index in [0.717, 1.165) is 13.0 Å². The number of halogens is 10. The van der Waals surface area contributed by atoms with E-state index in [-0.39, 0.29) is 39.5 Å². The molecule has 184 valence electrons. The van der Waals surface area contributed by atoms with Gasteiger partial charge in [-0.15, -0.1) is 0 Å². The minimum atomic E-state index is -5.33. The summed E-state index contributed by atoms with van der Waals surface area (Å²) in [5.41, 5.74) is -8.52. The lowest BCUT2D eigenvalue weighted by Gasteiger charge is -2.37. The van der Waals surface area contributed by atoms with Crippen LogP contribution in [0.15, 0.2) is 45.9 Å². The number of alkyl halides is 9. The number of carboxylic acid groups (broad SMARTS) is 1. The molecule has 2 atom stereocenters. The molecule has 0 amide bonds. The Morgan fingerprint density at radius 2 is 1.50 bits per heavy atom. The van der Waals surface area contributed by atoms with Crippen molar-refractivity contribution in [3.63, 3.8) is 0 Å². The Hall–Kier alpha value is -2.57. The van der Waals surface area contributed by atoms with E-state index in [4.69, 9.17) is 5.11 Å². The van der Waals surface area contributed by atoms with Crippen LogP contribution in [0.5, 0.6) is 0 Å². The molecule has 1 N–H and O–H groups in total. The van der Waals surface area contributed by atoms with Crippen LogP contribution in [-0.2, 0) is 17.8 Å². The SMILES string of the molecule is CC1C(c2ccc(C(=O)O)c(Br)c2)=NCC1(c1cc(C(F)(F)F)cc(C(F)(F)F)c1)C(F)(F)F. The molecular weight excluding hydrogens is 549 g/mol. The second kappa shape index (κ2) is 8.28. The van der Waals surface area contributed by atoms with Crippen LogP contribution in [0.2, 0.25) is 0 Å². The topological polar surface area (TPSA) is 49.7 Å². The molecule has 1 heterocycles. The standard InChI is InChI=1S/C21H13BrF9NO2/c1-9-16(10-2-3-14(17(33)34)15(22)4-10)32-8-18(9,21(29,30)31)11-5-12(19(23,24)25)7-13(6-11)20(26,27)28/h2-7,9H,8H2,1H3,(H,33,34). The van der Waals surface area contributed by atoms with Crippen LogP contribution >= 0.6 is 15.9 Å². The van der Waals surface area contributed by atoms with Crippen LogP contribution in [0.1, 0.15) is 39.5 Å². The predicted molar refractivity (Wildman–Crippen MR) is 106 cm³/mol. The van der Waals surface area contributed by atoms with Crippen molar-refractivity contribution < 1.29 is 49.4 Å². The van der Waals surface area contributed by atoms with Gasteiger partial charge in [-0.25, -0.2) is 4.79 Å². The van der Waals surface area contributed by atoms with Crippen molar-refractivity contribution in [2.24, 2.45) is 10.9 Å². The Morgan fingerprint density at radius 3 is 1.91 bits per heavy atom. The number of rotatable bonds is 3. The fourth-order valence-corrected chi connectivity index (χ4v) is 4.51. The van der Waals surface area contributed by atoms with Gasteiger partial charge in [-0.1, -0.05) is 13.0 Å². The number of hydrogen-bond donors (Lipinski definition) is 1. The van der Waals surface area contributed by atoms with Gasteiger partial charge in [0.1, 0.15) is 5.41 Å². The maximum atomic E-state index is 14.4. The average molecular weight is 562 g/mol. The molecule has 0 bridgehead atoms. The molecule has 2 aromatic carbocycles. The highest BCUT2D eigenvalue weighted by Crippen LogP contribution is 2.52. The number of carboxylic acids is 1. The quantitative estimate of drug-likeness (QED) is 0.405. The fraction of sp³-hybridized carbons (Fsp3) is 0.333. The lowest BCUT2D eigenvalue weighted by atomic mass is 9.69. The van der Waals surface area contributed by atoms with Crippen LogP contribution in [-0.4, -0.2) is 29.5 Å². The lowest BCUT2D eigenvalue weighted by Crippen LogP contribution is -2.49. The molecule has 3 nitrogen and oxygen atoms in total.